The van der Waals surface area contributed by atoms with Crippen LogP contribution in [0.2, 0.25) is 0 Å². The van der Waals surface area contributed by atoms with Crippen LogP contribution >= 0.6 is 11.6 Å². The second-order valence-electron chi connectivity index (χ2n) is 4.93. The summed E-state index contributed by atoms with van der Waals surface area (Å²) in [6, 6.07) is 6.52. The van der Waals surface area contributed by atoms with E-state index in [1.54, 1.807) is 12.1 Å². The molecule has 0 aliphatic carbocycles. The number of non-ortho nitro benzene ring substituents is 1. The van der Waals surface area contributed by atoms with E-state index in [1.807, 2.05) is 4.90 Å². The van der Waals surface area contributed by atoms with Crippen LogP contribution in [0.15, 0.2) is 24.3 Å². The molecule has 1 aliphatic heterocycles. The highest BCUT2D eigenvalue weighted by molar-refractivity contribution is 6.17. The molecule has 1 aromatic carbocycles. The summed E-state index contributed by atoms with van der Waals surface area (Å²) in [7, 11) is 0. The number of amides is 1. The van der Waals surface area contributed by atoms with Crippen LogP contribution in [-0.2, 0) is 4.79 Å². The zero-order chi connectivity index (χ0) is 15.2. The van der Waals surface area contributed by atoms with Crippen LogP contribution in [0.4, 0.5) is 11.4 Å². The summed E-state index contributed by atoms with van der Waals surface area (Å²) in [6.45, 7) is 2.84. The Morgan fingerprint density at radius 3 is 2.33 bits per heavy atom. The van der Waals surface area contributed by atoms with Crippen LogP contribution < -0.4 is 4.90 Å². The number of alkyl halides is 1. The Morgan fingerprint density at radius 2 is 1.81 bits per heavy atom. The number of carbonyl (C=O) groups is 1. The van der Waals surface area contributed by atoms with E-state index in [0.29, 0.717) is 31.8 Å². The van der Waals surface area contributed by atoms with Gasteiger partial charge in [0.05, 0.1) is 4.92 Å². The first-order valence-corrected chi connectivity index (χ1v) is 7.48. The summed E-state index contributed by atoms with van der Waals surface area (Å²) in [5.74, 6) is 0.660. The van der Waals surface area contributed by atoms with E-state index in [1.165, 1.54) is 12.1 Å². The van der Waals surface area contributed by atoms with Crippen LogP contribution in [-0.4, -0.2) is 47.8 Å². The summed E-state index contributed by atoms with van der Waals surface area (Å²) in [6.07, 6.45) is 1.21. The Bertz CT molecular complexity index is 499. The van der Waals surface area contributed by atoms with E-state index in [2.05, 4.69) is 4.90 Å². The molecule has 0 aromatic heterocycles. The van der Waals surface area contributed by atoms with Crippen LogP contribution in [0.5, 0.6) is 0 Å². The van der Waals surface area contributed by atoms with Gasteiger partial charge in [-0.1, -0.05) is 0 Å². The summed E-state index contributed by atoms with van der Waals surface area (Å²) in [5.41, 5.74) is 1.04. The number of benzene rings is 1. The van der Waals surface area contributed by atoms with Crippen molar-refractivity contribution in [3.8, 4) is 0 Å². The Kier molecular flexibility index (Phi) is 5.38. The topological polar surface area (TPSA) is 66.7 Å². The lowest BCUT2D eigenvalue weighted by molar-refractivity contribution is -0.384. The Hall–Kier alpha value is -1.82. The molecule has 0 radical (unpaired) electrons. The second kappa shape index (κ2) is 7.26. The maximum absolute atomic E-state index is 11.9. The summed E-state index contributed by atoms with van der Waals surface area (Å²) in [4.78, 5) is 26.1. The second-order valence-corrected chi connectivity index (χ2v) is 5.31. The Balaban J connectivity index is 1.88. The van der Waals surface area contributed by atoms with Crippen LogP contribution in [0.1, 0.15) is 12.8 Å². The Morgan fingerprint density at radius 1 is 1.19 bits per heavy atom. The van der Waals surface area contributed by atoms with Gasteiger partial charge in [0, 0.05) is 56.3 Å². The van der Waals surface area contributed by atoms with Gasteiger partial charge < -0.3 is 9.80 Å². The van der Waals surface area contributed by atoms with Gasteiger partial charge in [-0.05, 0) is 18.6 Å². The highest BCUT2D eigenvalue weighted by Crippen LogP contribution is 2.20. The number of nitro groups is 1. The van der Waals surface area contributed by atoms with Gasteiger partial charge in [0.2, 0.25) is 5.91 Å². The number of hydrogen-bond donors (Lipinski definition) is 0. The molecule has 1 amide bonds. The SMILES string of the molecule is O=C(CCCCl)N1CCN(c2ccc([N+](=O)[O-])cc2)CC1. The first kappa shape index (κ1) is 15.6. The van der Waals surface area contributed by atoms with E-state index in [4.69, 9.17) is 11.6 Å². The molecule has 1 saturated heterocycles. The normalized spacial score (nSPS) is 15.1. The minimum absolute atomic E-state index is 0.0913. The smallest absolute Gasteiger partial charge is 0.269 e. The van der Waals surface area contributed by atoms with Crippen LogP contribution in [0, 0.1) is 10.1 Å². The van der Waals surface area contributed by atoms with Crippen molar-refractivity contribution in [3.63, 3.8) is 0 Å². The first-order chi connectivity index (χ1) is 10.1. The molecule has 6 nitrogen and oxygen atoms in total. The van der Waals surface area contributed by atoms with Crippen molar-refractivity contribution in [3.05, 3.63) is 34.4 Å². The fourth-order valence-corrected chi connectivity index (χ4v) is 2.51. The summed E-state index contributed by atoms with van der Waals surface area (Å²) >= 11 is 5.60. The lowest BCUT2D eigenvalue weighted by Gasteiger charge is -2.36. The van der Waals surface area contributed by atoms with Crippen molar-refractivity contribution in [1.29, 1.82) is 0 Å². The van der Waals surface area contributed by atoms with Crippen molar-refractivity contribution in [1.82, 2.24) is 4.90 Å². The molecule has 2 rings (SSSR count). The van der Waals surface area contributed by atoms with E-state index >= 15 is 0 Å². The lowest BCUT2D eigenvalue weighted by Crippen LogP contribution is -2.48. The van der Waals surface area contributed by atoms with E-state index < -0.39 is 4.92 Å². The molecule has 1 aromatic rings. The standard InChI is InChI=1S/C14H18ClN3O3/c15-7-1-2-14(19)17-10-8-16(9-11-17)12-3-5-13(6-4-12)18(20)21/h3-6H,1-2,7-11H2. The molecule has 1 aliphatic rings. The highest BCUT2D eigenvalue weighted by atomic mass is 35.5. The van der Waals surface area contributed by atoms with Gasteiger partial charge in [-0.15, -0.1) is 11.6 Å². The quantitative estimate of drug-likeness (QED) is 0.475. The minimum Gasteiger partial charge on any atom is -0.368 e. The van der Waals surface area contributed by atoms with Gasteiger partial charge in [-0.2, -0.15) is 0 Å². The molecule has 7 heteroatoms. The average Bonchev–Trinajstić information content (AvgIpc) is 2.53. The molecule has 114 valence electrons. The molecule has 1 fully saturated rings. The molecular weight excluding hydrogens is 294 g/mol. The fraction of sp³-hybridized carbons (Fsp3) is 0.500. The zero-order valence-electron chi connectivity index (χ0n) is 11.7. The van der Waals surface area contributed by atoms with Gasteiger partial charge in [-0.3, -0.25) is 14.9 Å². The third-order valence-corrected chi connectivity index (χ3v) is 3.85. The molecule has 0 N–H and O–H groups in total. The predicted molar refractivity (Wildman–Crippen MR) is 81.8 cm³/mol. The van der Waals surface area contributed by atoms with Crippen LogP contribution in [0.25, 0.3) is 0 Å². The minimum atomic E-state index is -0.405. The molecule has 21 heavy (non-hydrogen) atoms. The maximum Gasteiger partial charge on any atom is 0.269 e. The van der Waals surface area contributed by atoms with Crippen molar-refractivity contribution >= 4 is 28.9 Å². The molecular formula is C14H18ClN3O3. The largest absolute Gasteiger partial charge is 0.368 e. The van der Waals surface area contributed by atoms with Crippen molar-refractivity contribution in [2.24, 2.45) is 0 Å². The van der Waals surface area contributed by atoms with Gasteiger partial charge >= 0.3 is 0 Å². The zero-order valence-corrected chi connectivity index (χ0v) is 12.5. The third-order valence-electron chi connectivity index (χ3n) is 3.58. The van der Waals surface area contributed by atoms with E-state index in [9.17, 15) is 14.9 Å². The third kappa shape index (κ3) is 4.07. The predicted octanol–water partition coefficient (Wildman–Crippen LogP) is 2.26. The number of carbonyl (C=O) groups excluding carboxylic acids is 1. The molecule has 0 spiro atoms. The summed E-state index contributed by atoms with van der Waals surface area (Å²) in [5, 5.41) is 10.6. The van der Waals surface area contributed by atoms with Crippen molar-refractivity contribution in [2.75, 3.05) is 37.0 Å². The number of hydrogen-bond acceptors (Lipinski definition) is 4. The Labute approximate surface area is 128 Å². The maximum atomic E-state index is 11.9. The van der Waals surface area contributed by atoms with Crippen molar-refractivity contribution in [2.45, 2.75) is 12.8 Å². The molecule has 0 saturated carbocycles. The molecule has 1 heterocycles. The fourth-order valence-electron chi connectivity index (χ4n) is 2.38. The monoisotopic (exact) mass is 311 g/mol. The van der Waals surface area contributed by atoms with E-state index in [0.717, 1.165) is 18.8 Å². The molecule has 0 bridgehead atoms. The van der Waals surface area contributed by atoms with Gasteiger partial charge in [0.1, 0.15) is 0 Å². The molecule has 0 atom stereocenters. The van der Waals surface area contributed by atoms with Gasteiger partial charge in [-0.25, -0.2) is 0 Å². The average molecular weight is 312 g/mol. The number of rotatable bonds is 5. The van der Waals surface area contributed by atoms with Crippen LogP contribution in [0.3, 0.4) is 0 Å². The lowest BCUT2D eigenvalue weighted by atomic mass is 10.2. The number of anilines is 1. The number of nitrogens with zero attached hydrogens (tertiary/aromatic N) is 3. The number of piperazine rings is 1. The highest BCUT2D eigenvalue weighted by Gasteiger charge is 2.21. The summed E-state index contributed by atoms with van der Waals surface area (Å²) < 4.78 is 0. The first-order valence-electron chi connectivity index (χ1n) is 6.95. The number of nitro benzene ring substituents is 1. The van der Waals surface area contributed by atoms with Crippen molar-refractivity contribution < 1.29 is 9.72 Å². The van der Waals surface area contributed by atoms with E-state index in [-0.39, 0.29) is 11.6 Å². The number of halogens is 1. The van der Waals surface area contributed by atoms with Gasteiger partial charge in [0.15, 0.2) is 0 Å². The molecule has 0 unspecified atom stereocenters. The van der Waals surface area contributed by atoms with Gasteiger partial charge in [0.25, 0.3) is 5.69 Å².